The molecule has 23 heavy (non-hydrogen) atoms. The van der Waals surface area contributed by atoms with E-state index in [1.165, 1.54) is 11.8 Å². The van der Waals surface area contributed by atoms with Crippen molar-refractivity contribution in [1.29, 1.82) is 0 Å². The Morgan fingerprint density at radius 1 is 1.00 bits per heavy atom. The molecule has 0 radical (unpaired) electrons. The van der Waals surface area contributed by atoms with Crippen LogP contribution in [0.5, 0.6) is 5.75 Å². The van der Waals surface area contributed by atoms with Crippen molar-refractivity contribution in [2.75, 3.05) is 20.2 Å². The summed E-state index contributed by atoms with van der Waals surface area (Å²) in [5.74, 6) is 1.62. The van der Waals surface area contributed by atoms with Crippen LogP contribution >= 0.6 is 11.8 Å². The molecule has 118 valence electrons. The standard InChI is InChI=1S/C18H18N2O2S/c1-22-14-7-9-15(10-8-14)23-17(18-19-11-12-20-18)16(21)13-5-3-2-4-6-13/h2-10,19-20H,11-12H2,1H3. The van der Waals surface area contributed by atoms with Gasteiger partial charge in [-0.25, -0.2) is 0 Å². The zero-order chi connectivity index (χ0) is 16.1. The Kier molecular flexibility index (Phi) is 4.88. The van der Waals surface area contributed by atoms with Crippen molar-refractivity contribution in [2.45, 2.75) is 4.90 Å². The van der Waals surface area contributed by atoms with Crippen molar-refractivity contribution in [3.05, 3.63) is 70.9 Å². The average molecular weight is 326 g/mol. The van der Waals surface area contributed by atoms with Gasteiger partial charge >= 0.3 is 0 Å². The van der Waals surface area contributed by atoms with Gasteiger partial charge in [-0.2, -0.15) is 0 Å². The Morgan fingerprint density at radius 3 is 2.26 bits per heavy atom. The number of ketones is 1. The Morgan fingerprint density at radius 2 is 1.65 bits per heavy atom. The molecular weight excluding hydrogens is 308 g/mol. The molecule has 0 amide bonds. The normalized spacial score (nSPS) is 13.2. The van der Waals surface area contributed by atoms with Crippen LogP contribution in [0.3, 0.4) is 0 Å². The molecule has 1 aliphatic heterocycles. The third-order valence-electron chi connectivity index (χ3n) is 3.48. The maximum atomic E-state index is 12.9. The summed E-state index contributed by atoms with van der Waals surface area (Å²) in [6.45, 7) is 1.65. The fourth-order valence-electron chi connectivity index (χ4n) is 2.29. The van der Waals surface area contributed by atoms with E-state index in [0.29, 0.717) is 10.5 Å². The number of benzene rings is 2. The summed E-state index contributed by atoms with van der Waals surface area (Å²) in [5.41, 5.74) is 0.687. The molecule has 2 N–H and O–H groups in total. The lowest BCUT2D eigenvalue weighted by Crippen LogP contribution is -2.17. The number of allylic oxidation sites excluding steroid dienone is 1. The maximum Gasteiger partial charge on any atom is 0.203 e. The van der Waals surface area contributed by atoms with Crippen molar-refractivity contribution in [2.24, 2.45) is 0 Å². The molecule has 1 aliphatic rings. The fourth-order valence-corrected chi connectivity index (χ4v) is 3.26. The van der Waals surface area contributed by atoms with Gasteiger partial charge in [0.2, 0.25) is 5.78 Å². The second kappa shape index (κ2) is 7.24. The van der Waals surface area contributed by atoms with E-state index >= 15 is 0 Å². The number of Topliss-reactive ketones (excluding diaryl/α,β-unsaturated/α-hetero) is 1. The molecule has 5 heteroatoms. The second-order valence-corrected chi connectivity index (χ2v) is 6.11. The number of hydrogen-bond acceptors (Lipinski definition) is 5. The molecule has 0 atom stereocenters. The summed E-state index contributed by atoms with van der Waals surface area (Å²) in [6, 6.07) is 17.0. The summed E-state index contributed by atoms with van der Waals surface area (Å²) in [4.78, 5) is 14.5. The molecule has 4 nitrogen and oxygen atoms in total. The van der Waals surface area contributed by atoms with E-state index in [4.69, 9.17) is 4.74 Å². The molecule has 1 saturated heterocycles. The van der Waals surface area contributed by atoms with E-state index in [0.717, 1.165) is 29.6 Å². The minimum atomic E-state index is 0.0170. The van der Waals surface area contributed by atoms with Gasteiger partial charge in [0.15, 0.2) is 0 Å². The van der Waals surface area contributed by atoms with Crippen molar-refractivity contribution in [3.8, 4) is 5.75 Å². The van der Waals surface area contributed by atoms with Crippen LogP contribution in [0.1, 0.15) is 10.4 Å². The topological polar surface area (TPSA) is 50.4 Å². The number of ether oxygens (including phenoxy) is 1. The first kappa shape index (κ1) is 15.5. The van der Waals surface area contributed by atoms with Crippen LogP contribution in [0.15, 0.2) is 70.2 Å². The highest BCUT2D eigenvalue weighted by molar-refractivity contribution is 8.04. The summed E-state index contributed by atoms with van der Waals surface area (Å²) >= 11 is 1.46. The van der Waals surface area contributed by atoms with Crippen molar-refractivity contribution < 1.29 is 9.53 Å². The second-order valence-electron chi connectivity index (χ2n) is 5.03. The lowest BCUT2D eigenvalue weighted by Gasteiger charge is -2.11. The minimum absolute atomic E-state index is 0.0170. The predicted octanol–water partition coefficient (Wildman–Crippen LogP) is 3.03. The Bertz CT molecular complexity index is 704. The largest absolute Gasteiger partial charge is 0.497 e. The zero-order valence-electron chi connectivity index (χ0n) is 12.8. The highest BCUT2D eigenvalue weighted by atomic mass is 32.2. The van der Waals surface area contributed by atoms with Crippen molar-refractivity contribution >= 4 is 17.5 Å². The zero-order valence-corrected chi connectivity index (χ0v) is 13.7. The fraction of sp³-hybridized carbons (Fsp3) is 0.167. The SMILES string of the molecule is COc1ccc(SC(C(=O)c2ccccc2)=C2NCCN2)cc1. The van der Waals surface area contributed by atoms with E-state index in [9.17, 15) is 4.79 Å². The summed E-state index contributed by atoms with van der Waals surface area (Å²) in [7, 11) is 1.64. The smallest absolute Gasteiger partial charge is 0.203 e. The predicted molar refractivity (Wildman–Crippen MR) is 92.7 cm³/mol. The molecular formula is C18H18N2O2S. The molecule has 2 aromatic rings. The molecule has 1 heterocycles. The lowest BCUT2D eigenvalue weighted by atomic mass is 10.1. The first-order valence-corrected chi connectivity index (χ1v) is 8.23. The van der Waals surface area contributed by atoms with Crippen molar-refractivity contribution in [3.63, 3.8) is 0 Å². The van der Waals surface area contributed by atoms with E-state index < -0.39 is 0 Å². The maximum absolute atomic E-state index is 12.9. The van der Waals surface area contributed by atoms with Gasteiger partial charge in [-0.1, -0.05) is 42.1 Å². The van der Waals surface area contributed by atoms with Gasteiger partial charge in [-0.3, -0.25) is 4.79 Å². The van der Waals surface area contributed by atoms with E-state index in [1.54, 1.807) is 7.11 Å². The van der Waals surface area contributed by atoms with Crippen LogP contribution in [0.2, 0.25) is 0 Å². The van der Waals surface area contributed by atoms with Gasteiger partial charge < -0.3 is 15.4 Å². The molecule has 3 rings (SSSR count). The van der Waals surface area contributed by atoms with E-state index in [1.807, 2.05) is 54.6 Å². The number of hydrogen-bond donors (Lipinski definition) is 2. The monoisotopic (exact) mass is 326 g/mol. The molecule has 0 spiro atoms. The third kappa shape index (κ3) is 3.68. The first-order chi connectivity index (χ1) is 11.3. The lowest BCUT2D eigenvalue weighted by molar-refractivity contribution is 0.104. The number of carbonyl (C=O) groups is 1. The number of carbonyl (C=O) groups excluding carboxylic acids is 1. The number of rotatable bonds is 5. The van der Waals surface area contributed by atoms with E-state index in [-0.39, 0.29) is 5.78 Å². The Labute approximate surface area is 139 Å². The Hall–Kier alpha value is -2.40. The molecule has 0 saturated carbocycles. The Balaban J connectivity index is 1.90. The molecule has 0 aromatic heterocycles. The number of thioether (sulfide) groups is 1. The van der Waals surface area contributed by atoms with Gasteiger partial charge in [0.25, 0.3) is 0 Å². The van der Waals surface area contributed by atoms with Crippen LogP contribution in [0.25, 0.3) is 0 Å². The van der Waals surface area contributed by atoms with Gasteiger partial charge in [0.05, 0.1) is 7.11 Å². The molecule has 2 aromatic carbocycles. The highest BCUT2D eigenvalue weighted by Gasteiger charge is 2.21. The van der Waals surface area contributed by atoms with Crippen LogP contribution in [-0.2, 0) is 0 Å². The van der Waals surface area contributed by atoms with Gasteiger partial charge in [-0.15, -0.1) is 0 Å². The molecule has 0 bridgehead atoms. The van der Waals surface area contributed by atoms with Crippen LogP contribution in [-0.4, -0.2) is 26.0 Å². The van der Waals surface area contributed by atoms with Gasteiger partial charge in [-0.05, 0) is 24.3 Å². The number of methoxy groups -OCH3 is 1. The first-order valence-electron chi connectivity index (χ1n) is 7.41. The quantitative estimate of drug-likeness (QED) is 0.502. The highest BCUT2D eigenvalue weighted by Crippen LogP contribution is 2.32. The van der Waals surface area contributed by atoms with Gasteiger partial charge in [0, 0.05) is 23.5 Å². The molecule has 1 fully saturated rings. The van der Waals surface area contributed by atoms with Crippen LogP contribution in [0.4, 0.5) is 0 Å². The van der Waals surface area contributed by atoms with Crippen LogP contribution in [0, 0.1) is 0 Å². The summed E-state index contributed by atoms with van der Waals surface area (Å²) in [6.07, 6.45) is 0. The van der Waals surface area contributed by atoms with E-state index in [2.05, 4.69) is 10.6 Å². The number of nitrogens with one attached hydrogen (secondary N) is 2. The minimum Gasteiger partial charge on any atom is -0.497 e. The summed E-state index contributed by atoms with van der Waals surface area (Å²) < 4.78 is 5.18. The van der Waals surface area contributed by atoms with Crippen LogP contribution < -0.4 is 15.4 Å². The van der Waals surface area contributed by atoms with Gasteiger partial charge in [0.1, 0.15) is 16.5 Å². The molecule has 0 aliphatic carbocycles. The summed E-state index contributed by atoms with van der Waals surface area (Å²) in [5, 5.41) is 6.50. The van der Waals surface area contributed by atoms with Crippen molar-refractivity contribution in [1.82, 2.24) is 10.6 Å². The third-order valence-corrected chi connectivity index (χ3v) is 4.58. The molecule has 0 unspecified atom stereocenters. The average Bonchev–Trinajstić information content (AvgIpc) is 3.15.